The Bertz CT molecular complexity index is 848. The number of halogens is 1. The van der Waals surface area contributed by atoms with E-state index in [9.17, 15) is 9.18 Å². The average molecular weight is 321 g/mol. The SMILES string of the molecule is Cc1nc(-c2ccc(F)cc2)ncc1C(=O)NCc1ccccc1. The largest absolute Gasteiger partial charge is 0.348 e. The predicted octanol–water partition coefficient (Wildman–Crippen LogP) is 3.52. The lowest BCUT2D eigenvalue weighted by atomic mass is 10.1. The molecule has 24 heavy (non-hydrogen) atoms. The minimum absolute atomic E-state index is 0.220. The van der Waals surface area contributed by atoms with E-state index in [-0.39, 0.29) is 11.7 Å². The highest BCUT2D eigenvalue weighted by molar-refractivity contribution is 5.95. The van der Waals surface area contributed by atoms with Crippen molar-refractivity contribution < 1.29 is 9.18 Å². The number of amides is 1. The van der Waals surface area contributed by atoms with E-state index in [1.807, 2.05) is 30.3 Å². The third-order valence-corrected chi connectivity index (χ3v) is 3.62. The third-order valence-electron chi connectivity index (χ3n) is 3.62. The summed E-state index contributed by atoms with van der Waals surface area (Å²) in [5.74, 6) is -0.0681. The Morgan fingerprint density at radius 1 is 1.08 bits per heavy atom. The van der Waals surface area contributed by atoms with Crippen molar-refractivity contribution in [2.45, 2.75) is 13.5 Å². The Labute approximate surface area is 139 Å². The quantitative estimate of drug-likeness (QED) is 0.800. The van der Waals surface area contributed by atoms with Crippen LogP contribution in [0.3, 0.4) is 0 Å². The molecule has 0 fully saturated rings. The minimum atomic E-state index is -0.313. The van der Waals surface area contributed by atoms with Crippen molar-refractivity contribution in [2.24, 2.45) is 0 Å². The normalized spacial score (nSPS) is 10.4. The van der Waals surface area contributed by atoms with Gasteiger partial charge in [0.05, 0.1) is 11.3 Å². The van der Waals surface area contributed by atoms with Crippen LogP contribution >= 0.6 is 0 Å². The summed E-state index contributed by atoms with van der Waals surface area (Å²) in [6, 6.07) is 15.6. The van der Waals surface area contributed by atoms with Crippen LogP contribution in [0.15, 0.2) is 60.8 Å². The van der Waals surface area contributed by atoms with Gasteiger partial charge in [-0.05, 0) is 36.8 Å². The molecule has 0 aliphatic carbocycles. The molecule has 2 aromatic carbocycles. The third kappa shape index (κ3) is 3.63. The van der Waals surface area contributed by atoms with Gasteiger partial charge in [0.25, 0.3) is 5.91 Å². The molecule has 0 saturated heterocycles. The first kappa shape index (κ1) is 15.8. The zero-order valence-corrected chi connectivity index (χ0v) is 13.2. The first-order chi connectivity index (χ1) is 11.6. The highest BCUT2D eigenvalue weighted by Gasteiger charge is 2.12. The van der Waals surface area contributed by atoms with Crippen LogP contribution in [0.2, 0.25) is 0 Å². The molecule has 1 N–H and O–H groups in total. The Balaban J connectivity index is 1.74. The fourth-order valence-electron chi connectivity index (χ4n) is 2.30. The standard InChI is InChI=1S/C19H16FN3O/c1-13-17(19(24)22-11-14-5-3-2-4-6-14)12-21-18(23-13)15-7-9-16(20)10-8-15/h2-10,12H,11H2,1H3,(H,22,24). The fraction of sp³-hybridized carbons (Fsp3) is 0.105. The van der Waals surface area contributed by atoms with E-state index in [1.54, 1.807) is 19.1 Å². The van der Waals surface area contributed by atoms with Crippen LogP contribution in [0, 0.1) is 12.7 Å². The summed E-state index contributed by atoms with van der Waals surface area (Å²) in [6.07, 6.45) is 1.50. The summed E-state index contributed by atoms with van der Waals surface area (Å²) in [7, 11) is 0. The number of nitrogens with zero attached hydrogens (tertiary/aromatic N) is 2. The maximum Gasteiger partial charge on any atom is 0.254 e. The van der Waals surface area contributed by atoms with Crippen molar-refractivity contribution in [3.8, 4) is 11.4 Å². The molecule has 4 nitrogen and oxygen atoms in total. The number of aromatic nitrogens is 2. The van der Waals surface area contributed by atoms with Gasteiger partial charge in [-0.2, -0.15) is 0 Å². The second-order valence-corrected chi connectivity index (χ2v) is 5.37. The van der Waals surface area contributed by atoms with Crippen molar-refractivity contribution in [2.75, 3.05) is 0 Å². The van der Waals surface area contributed by atoms with Gasteiger partial charge in [0.2, 0.25) is 0 Å². The molecule has 1 aromatic heterocycles. The summed E-state index contributed by atoms with van der Waals surface area (Å²) in [4.78, 5) is 20.9. The zero-order valence-electron chi connectivity index (χ0n) is 13.2. The Morgan fingerprint density at radius 3 is 2.46 bits per heavy atom. The zero-order chi connectivity index (χ0) is 16.9. The van der Waals surface area contributed by atoms with Gasteiger partial charge < -0.3 is 5.32 Å². The van der Waals surface area contributed by atoms with Crippen LogP contribution in [-0.4, -0.2) is 15.9 Å². The molecule has 0 bridgehead atoms. The van der Waals surface area contributed by atoms with E-state index < -0.39 is 0 Å². The Kier molecular flexibility index (Phi) is 4.61. The molecule has 3 rings (SSSR count). The lowest BCUT2D eigenvalue weighted by Gasteiger charge is -2.08. The molecule has 0 aliphatic rings. The highest BCUT2D eigenvalue weighted by Crippen LogP contribution is 2.16. The molecule has 0 aliphatic heterocycles. The van der Waals surface area contributed by atoms with Gasteiger partial charge >= 0.3 is 0 Å². The number of carbonyl (C=O) groups excluding carboxylic acids is 1. The van der Waals surface area contributed by atoms with E-state index in [1.165, 1.54) is 18.3 Å². The Hall–Kier alpha value is -3.08. The summed E-state index contributed by atoms with van der Waals surface area (Å²) in [5, 5.41) is 2.85. The predicted molar refractivity (Wildman–Crippen MR) is 89.8 cm³/mol. The van der Waals surface area contributed by atoms with Crippen LogP contribution in [0.1, 0.15) is 21.6 Å². The van der Waals surface area contributed by atoms with Gasteiger partial charge in [0.1, 0.15) is 5.82 Å². The second-order valence-electron chi connectivity index (χ2n) is 5.37. The topological polar surface area (TPSA) is 54.9 Å². The van der Waals surface area contributed by atoms with Crippen molar-refractivity contribution >= 4 is 5.91 Å². The van der Waals surface area contributed by atoms with Crippen molar-refractivity contribution in [1.29, 1.82) is 0 Å². The van der Waals surface area contributed by atoms with Crippen molar-refractivity contribution in [1.82, 2.24) is 15.3 Å². The van der Waals surface area contributed by atoms with E-state index in [0.717, 1.165) is 5.56 Å². The highest BCUT2D eigenvalue weighted by atomic mass is 19.1. The molecular formula is C19H16FN3O. The Morgan fingerprint density at radius 2 is 1.79 bits per heavy atom. The number of hydrogen-bond acceptors (Lipinski definition) is 3. The summed E-state index contributed by atoms with van der Waals surface area (Å²) >= 11 is 0. The van der Waals surface area contributed by atoms with Gasteiger partial charge in [-0.3, -0.25) is 4.79 Å². The molecule has 1 heterocycles. The monoisotopic (exact) mass is 321 g/mol. The number of rotatable bonds is 4. The number of carbonyl (C=O) groups is 1. The maximum absolute atomic E-state index is 13.0. The molecule has 0 spiro atoms. The van der Waals surface area contributed by atoms with Crippen LogP contribution < -0.4 is 5.32 Å². The van der Waals surface area contributed by atoms with Gasteiger partial charge in [-0.15, -0.1) is 0 Å². The molecule has 0 atom stereocenters. The average Bonchev–Trinajstić information content (AvgIpc) is 2.61. The van der Waals surface area contributed by atoms with Gasteiger partial charge in [0.15, 0.2) is 5.82 Å². The van der Waals surface area contributed by atoms with E-state index in [4.69, 9.17) is 0 Å². The molecule has 3 aromatic rings. The molecule has 0 saturated carbocycles. The van der Waals surface area contributed by atoms with Gasteiger partial charge in [-0.1, -0.05) is 30.3 Å². The first-order valence-electron chi connectivity index (χ1n) is 7.55. The first-order valence-corrected chi connectivity index (χ1v) is 7.55. The van der Waals surface area contributed by atoms with Gasteiger partial charge in [-0.25, -0.2) is 14.4 Å². The minimum Gasteiger partial charge on any atom is -0.348 e. The van der Waals surface area contributed by atoms with Gasteiger partial charge in [0, 0.05) is 18.3 Å². The maximum atomic E-state index is 13.0. The van der Waals surface area contributed by atoms with E-state index in [0.29, 0.717) is 29.2 Å². The molecular weight excluding hydrogens is 305 g/mol. The van der Waals surface area contributed by atoms with Crippen LogP contribution in [0.25, 0.3) is 11.4 Å². The summed E-state index contributed by atoms with van der Waals surface area (Å²) in [5.41, 5.74) is 2.73. The van der Waals surface area contributed by atoms with E-state index in [2.05, 4.69) is 15.3 Å². The fourth-order valence-corrected chi connectivity index (χ4v) is 2.30. The number of nitrogens with one attached hydrogen (secondary N) is 1. The molecule has 0 radical (unpaired) electrons. The lowest BCUT2D eigenvalue weighted by molar-refractivity contribution is 0.0949. The second kappa shape index (κ2) is 7.00. The smallest absolute Gasteiger partial charge is 0.254 e. The van der Waals surface area contributed by atoms with E-state index >= 15 is 0 Å². The molecule has 5 heteroatoms. The molecule has 0 unspecified atom stereocenters. The van der Waals surface area contributed by atoms with Crippen molar-refractivity contribution in [3.63, 3.8) is 0 Å². The van der Waals surface area contributed by atoms with Crippen molar-refractivity contribution in [3.05, 3.63) is 83.4 Å². The molecule has 120 valence electrons. The lowest BCUT2D eigenvalue weighted by Crippen LogP contribution is -2.24. The van der Waals surface area contributed by atoms with Crippen LogP contribution in [0.4, 0.5) is 4.39 Å². The molecule has 1 amide bonds. The number of aryl methyl sites for hydroxylation is 1. The summed E-state index contributed by atoms with van der Waals surface area (Å²) in [6.45, 7) is 2.20. The van der Waals surface area contributed by atoms with Crippen LogP contribution in [-0.2, 0) is 6.54 Å². The summed E-state index contributed by atoms with van der Waals surface area (Å²) < 4.78 is 13.0. The number of benzene rings is 2. The van der Waals surface area contributed by atoms with Crippen LogP contribution in [0.5, 0.6) is 0 Å². The number of hydrogen-bond donors (Lipinski definition) is 1.